The predicted molar refractivity (Wildman–Crippen MR) is 80.2 cm³/mol. The van der Waals surface area contributed by atoms with Crippen LogP contribution in [-0.4, -0.2) is 15.2 Å². The van der Waals surface area contributed by atoms with Crippen LogP contribution in [0.25, 0.3) is 0 Å². The van der Waals surface area contributed by atoms with E-state index in [4.69, 9.17) is 5.73 Å². The van der Waals surface area contributed by atoms with Gasteiger partial charge in [-0.2, -0.15) is 0 Å². The van der Waals surface area contributed by atoms with Crippen molar-refractivity contribution in [3.8, 4) is 0 Å². The Labute approximate surface area is 113 Å². The van der Waals surface area contributed by atoms with Crippen LogP contribution in [0.4, 0.5) is 0 Å². The van der Waals surface area contributed by atoms with E-state index in [-0.39, 0.29) is 16.7 Å². The lowest BCUT2D eigenvalue weighted by Crippen LogP contribution is -2.22. The molecule has 3 heteroatoms. The molecule has 1 rings (SSSR count). The van der Waals surface area contributed by atoms with Crippen molar-refractivity contribution >= 4 is 10.8 Å². The fourth-order valence-electron chi connectivity index (χ4n) is 1.70. The first-order valence-electron chi connectivity index (χ1n) is 6.45. The highest BCUT2D eigenvalue weighted by Crippen LogP contribution is 2.23. The molecule has 0 aliphatic heterocycles. The fraction of sp³-hybridized carbons (Fsp3) is 0.600. The summed E-state index contributed by atoms with van der Waals surface area (Å²) in [6.07, 6.45) is 0. The standard InChI is InChI=1S/C15H25NOS/c1-11(2)18(17)10-14(16)12-6-8-13(9-7-12)15(3,4)5/h6-9,11,14H,10,16H2,1-5H3. The molecule has 0 radical (unpaired) electrons. The smallest absolute Gasteiger partial charge is 0.0431 e. The Morgan fingerprint density at radius 3 is 2.06 bits per heavy atom. The van der Waals surface area contributed by atoms with Gasteiger partial charge in [0.05, 0.1) is 0 Å². The minimum absolute atomic E-state index is 0.137. The van der Waals surface area contributed by atoms with E-state index >= 15 is 0 Å². The SMILES string of the molecule is CC(C)S(=O)CC(N)c1ccc(C(C)(C)C)cc1. The monoisotopic (exact) mass is 267 g/mol. The second-order valence-corrected chi connectivity index (χ2v) is 8.11. The van der Waals surface area contributed by atoms with Gasteiger partial charge in [0.1, 0.15) is 0 Å². The quantitative estimate of drug-likeness (QED) is 0.910. The highest BCUT2D eigenvalue weighted by atomic mass is 32.2. The van der Waals surface area contributed by atoms with E-state index in [0.717, 1.165) is 5.56 Å². The van der Waals surface area contributed by atoms with Crippen molar-refractivity contribution in [2.45, 2.75) is 51.3 Å². The van der Waals surface area contributed by atoms with Gasteiger partial charge in [-0.15, -0.1) is 0 Å². The van der Waals surface area contributed by atoms with Crippen molar-refractivity contribution in [3.63, 3.8) is 0 Å². The summed E-state index contributed by atoms with van der Waals surface area (Å²) in [5.74, 6) is 0.534. The largest absolute Gasteiger partial charge is 0.323 e. The van der Waals surface area contributed by atoms with Gasteiger partial charge in [0.25, 0.3) is 0 Å². The number of nitrogens with two attached hydrogens (primary N) is 1. The Hall–Kier alpha value is -0.670. The Balaban J connectivity index is 2.76. The topological polar surface area (TPSA) is 43.1 Å². The van der Waals surface area contributed by atoms with Gasteiger partial charge in [-0.05, 0) is 16.5 Å². The Morgan fingerprint density at radius 2 is 1.67 bits per heavy atom. The minimum Gasteiger partial charge on any atom is -0.323 e. The van der Waals surface area contributed by atoms with Crippen LogP contribution < -0.4 is 5.73 Å². The van der Waals surface area contributed by atoms with Gasteiger partial charge >= 0.3 is 0 Å². The summed E-state index contributed by atoms with van der Waals surface area (Å²) >= 11 is 0. The van der Waals surface area contributed by atoms with Crippen LogP contribution in [0.3, 0.4) is 0 Å². The van der Waals surface area contributed by atoms with Gasteiger partial charge in [-0.3, -0.25) is 4.21 Å². The van der Waals surface area contributed by atoms with Gasteiger partial charge in [0.2, 0.25) is 0 Å². The van der Waals surface area contributed by atoms with Crippen LogP contribution >= 0.6 is 0 Å². The number of rotatable bonds is 4. The van der Waals surface area contributed by atoms with Crippen molar-refractivity contribution in [3.05, 3.63) is 35.4 Å². The normalized spacial score (nSPS) is 15.7. The molecule has 0 saturated heterocycles. The molecule has 1 aromatic carbocycles. The van der Waals surface area contributed by atoms with Crippen LogP contribution in [0.5, 0.6) is 0 Å². The lowest BCUT2D eigenvalue weighted by Gasteiger charge is -2.20. The molecule has 0 heterocycles. The summed E-state index contributed by atoms with van der Waals surface area (Å²) in [5, 5.41) is 0.171. The van der Waals surface area contributed by atoms with Crippen molar-refractivity contribution in [1.82, 2.24) is 0 Å². The van der Waals surface area contributed by atoms with Gasteiger partial charge in [-0.1, -0.05) is 58.9 Å². The molecule has 2 nitrogen and oxygen atoms in total. The van der Waals surface area contributed by atoms with Crippen LogP contribution in [0, 0.1) is 0 Å². The molecule has 0 aliphatic rings. The number of hydrogen-bond donors (Lipinski definition) is 1. The molecule has 0 amide bonds. The van der Waals surface area contributed by atoms with E-state index in [9.17, 15) is 4.21 Å². The van der Waals surface area contributed by atoms with E-state index < -0.39 is 10.8 Å². The maximum atomic E-state index is 11.8. The third kappa shape index (κ3) is 4.21. The molecule has 1 aromatic rings. The van der Waals surface area contributed by atoms with E-state index in [1.54, 1.807) is 0 Å². The first-order chi connectivity index (χ1) is 8.21. The lowest BCUT2D eigenvalue weighted by atomic mass is 9.86. The molecular formula is C15H25NOS. The van der Waals surface area contributed by atoms with Crippen LogP contribution in [-0.2, 0) is 16.2 Å². The second kappa shape index (κ2) is 5.98. The predicted octanol–water partition coefficient (Wildman–Crippen LogP) is 3.14. The summed E-state index contributed by atoms with van der Waals surface area (Å²) in [4.78, 5) is 0. The van der Waals surface area contributed by atoms with E-state index in [0.29, 0.717) is 5.75 Å². The number of benzene rings is 1. The molecule has 2 unspecified atom stereocenters. The van der Waals surface area contributed by atoms with Crippen LogP contribution in [0.15, 0.2) is 24.3 Å². The molecule has 2 atom stereocenters. The maximum Gasteiger partial charge on any atom is 0.0431 e. The second-order valence-electron chi connectivity index (χ2n) is 6.07. The van der Waals surface area contributed by atoms with Crippen molar-refractivity contribution in [1.29, 1.82) is 0 Å². The first kappa shape index (κ1) is 15.4. The minimum atomic E-state index is -0.850. The zero-order chi connectivity index (χ0) is 13.9. The summed E-state index contributed by atoms with van der Waals surface area (Å²) in [7, 11) is -0.850. The van der Waals surface area contributed by atoms with Gasteiger partial charge in [0, 0.05) is 27.8 Å². The highest BCUT2D eigenvalue weighted by molar-refractivity contribution is 7.85. The average molecular weight is 267 g/mol. The zero-order valence-corrected chi connectivity index (χ0v) is 12.9. The molecule has 2 N–H and O–H groups in total. The van der Waals surface area contributed by atoms with Crippen molar-refractivity contribution in [2.75, 3.05) is 5.75 Å². The summed E-state index contributed by atoms with van der Waals surface area (Å²) in [6.45, 7) is 10.5. The molecule has 0 fully saturated rings. The summed E-state index contributed by atoms with van der Waals surface area (Å²) in [6, 6.07) is 8.22. The summed E-state index contributed by atoms with van der Waals surface area (Å²) in [5.41, 5.74) is 8.62. The maximum absolute atomic E-state index is 11.8. The Bertz CT molecular complexity index is 403. The van der Waals surface area contributed by atoms with E-state index in [2.05, 4.69) is 45.0 Å². The Morgan fingerprint density at radius 1 is 1.17 bits per heavy atom. The van der Waals surface area contributed by atoms with Gasteiger partial charge in [0.15, 0.2) is 0 Å². The van der Waals surface area contributed by atoms with Gasteiger partial charge in [-0.25, -0.2) is 0 Å². The molecule has 0 saturated carbocycles. The third-order valence-corrected chi connectivity index (χ3v) is 4.81. The summed E-state index contributed by atoms with van der Waals surface area (Å²) < 4.78 is 11.8. The highest BCUT2D eigenvalue weighted by Gasteiger charge is 2.16. The fourth-order valence-corrected chi connectivity index (χ4v) is 2.63. The lowest BCUT2D eigenvalue weighted by molar-refractivity contribution is 0.589. The molecule has 0 aliphatic carbocycles. The average Bonchev–Trinajstić information content (AvgIpc) is 2.27. The number of hydrogen-bond acceptors (Lipinski definition) is 2. The first-order valence-corrected chi connectivity index (χ1v) is 7.83. The zero-order valence-electron chi connectivity index (χ0n) is 12.1. The van der Waals surface area contributed by atoms with Crippen molar-refractivity contribution in [2.24, 2.45) is 5.73 Å². The molecule has 18 heavy (non-hydrogen) atoms. The van der Waals surface area contributed by atoms with Crippen LogP contribution in [0.2, 0.25) is 0 Å². The van der Waals surface area contributed by atoms with Gasteiger partial charge < -0.3 is 5.73 Å². The molecule has 0 aromatic heterocycles. The van der Waals surface area contributed by atoms with E-state index in [1.807, 2.05) is 13.8 Å². The van der Waals surface area contributed by atoms with E-state index in [1.165, 1.54) is 5.56 Å². The van der Waals surface area contributed by atoms with Crippen LogP contribution in [0.1, 0.15) is 51.8 Å². The van der Waals surface area contributed by atoms with Crippen molar-refractivity contribution < 1.29 is 4.21 Å². The third-order valence-electron chi connectivity index (χ3n) is 3.07. The molecule has 0 spiro atoms. The molecule has 102 valence electrons. The molecular weight excluding hydrogens is 242 g/mol. The molecule has 0 bridgehead atoms. The Kier molecular flexibility index (Phi) is 5.11.